The van der Waals surface area contributed by atoms with Crippen LogP contribution in [0.3, 0.4) is 0 Å². The van der Waals surface area contributed by atoms with Crippen LogP contribution in [-0.2, 0) is 16.0 Å². The summed E-state index contributed by atoms with van der Waals surface area (Å²) in [6.45, 7) is 1.52. The summed E-state index contributed by atoms with van der Waals surface area (Å²) in [6.07, 6.45) is 4.85. The van der Waals surface area contributed by atoms with Crippen LogP contribution in [0.5, 0.6) is 0 Å². The van der Waals surface area contributed by atoms with Crippen molar-refractivity contribution in [3.63, 3.8) is 0 Å². The smallest absolute Gasteiger partial charge is 0.325 e. The van der Waals surface area contributed by atoms with Crippen molar-refractivity contribution in [2.24, 2.45) is 17.3 Å². The molecule has 4 atom stereocenters. The van der Waals surface area contributed by atoms with Crippen LogP contribution in [0.15, 0.2) is 24.3 Å². The molecule has 1 aromatic carbocycles. The van der Waals surface area contributed by atoms with E-state index in [1.54, 1.807) is 0 Å². The number of aliphatic carboxylic acids is 1. The third-order valence-corrected chi connectivity index (χ3v) is 5.83. The molecule has 3 unspecified atom stereocenters. The van der Waals surface area contributed by atoms with Crippen molar-refractivity contribution in [3.05, 3.63) is 34.9 Å². The number of halogens is 1. The number of carboxylic acids is 1. The van der Waals surface area contributed by atoms with Gasteiger partial charge in [-0.05, 0) is 62.1 Å². The number of benzene rings is 1. The van der Waals surface area contributed by atoms with Gasteiger partial charge in [0.05, 0.1) is 5.41 Å². The lowest BCUT2D eigenvalue weighted by atomic mass is 9.68. The van der Waals surface area contributed by atoms with Crippen molar-refractivity contribution >= 4 is 23.5 Å². The Kier molecular flexibility index (Phi) is 4.37. The molecule has 124 valence electrons. The maximum atomic E-state index is 12.9. The summed E-state index contributed by atoms with van der Waals surface area (Å²) in [5, 5.41) is 12.5. The summed E-state index contributed by atoms with van der Waals surface area (Å²) in [5.41, 5.74) is 0.612. The molecule has 2 N–H and O–H groups in total. The van der Waals surface area contributed by atoms with Gasteiger partial charge in [0, 0.05) is 5.02 Å². The summed E-state index contributed by atoms with van der Waals surface area (Å²) in [5.74, 6) is -0.153. The molecule has 5 heteroatoms. The quantitative estimate of drug-likeness (QED) is 0.867. The third kappa shape index (κ3) is 3.09. The van der Waals surface area contributed by atoms with Crippen molar-refractivity contribution in [1.29, 1.82) is 0 Å². The average molecular weight is 336 g/mol. The molecule has 1 aromatic rings. The molecular formula is C18H22ClNO3. The van der Waals surface area contributed by atoms with Crippen molar-refractivity contribution < 1.29 is 14.7 Å². The molecule has 0 radical (unpaired) electrons. The number of hydrogen-bond acceptors (Lipinski definition) is 2. The Labute approximate surface area is 141 Å². The number of carbonyl (C=O) groups is 2. The van der Waals surface area contributed by atoms with E-state index in [2.05, 4.69) is 5.32 Å². The summed E-state index contributed by atoms with van der Waals surface area (Å²) >= 11 is 5.95. The molecular weight excluding hydrogens is 314 g/mol. The van der Waals surface area contributed by atoms with Crippen LogP contribution in [-0.4, -0.2) is 23.0 Å². The topological polar surface area (TPSA) is 66.4 Å². The largest absolute Gasteiger partial charge is 0.480 e. The Morgan fingerprint density at radius 1 is 1.35 bits per heavy atom. The van der Waals surface area contributed by atoms with E-state index in [9.17, 15) is 9.59 Å². The van der Waals surface area contributed by atoms with E-state index in [1.165, 1.54) is 13.3 Å². The van der Waals surface area contributed by atoms with Gasteiger partial charge in [-0.1, -0.05) is 30.2 Å². The zero-order chi connectivity index (χ0) is 16.6. The molecule has 2 fully saturated rings. The molecule has 23 heavy (non-hydrogen) atoms. The minimum absolute atomic E-state index is 0.102. The number of fused-ring (bicyclic) bond motifs is 2. The van der Waals surface area contributed by atoms with Gasteiger partial charge in [0.2, 0.25) is 5.91 Å². The summed E-state index contributed by atoms with van der Waals surface area (Å²) in [6, 6.07) is 6.75. The highest BCUT2D eigenvalue weighted by molar-refractivity contribution is 6.30. The van der Waals surface area contributed by atoms with Gasteiger partial charge in [-0.25, -0.2) is 0 Å². The van der Waals surface area contributed by atoms with Gasteiger partial charge in [-0.3, -0.25) is 9.59 Å². The fourth-order valence-electron chi connectivity index (χ4n) is 4.39. The van der Waals surface area contributed by atoms with Gasteiger partial charge in [-0.2, -0.15) is 0 Å². The number of carboxylic acid groups (broad SMARTS) is 1. The number of rotatable bonds is 5. The monoisotopic (exact) mass is 335 g/mol. The second kappa shape index (κ2) is 6.16. The van der Waals surface area contributed by atoms with Crippen molar-refractivity contribution in [1.82, 2.24) is 5.32 Å². The zero-order valence-electron chi connectivity index (χ0n) is 13.2. The Hall–Kier alpha value is -1.55. The van der Waals surface area contributed by atoms with Crippen LogP contribution in [0.25, 0.3) is 0 Å². The highest BCUT2D eigenvalue weighted by Crippen LogP contribution is 2.57. The summed E-state index contributed by atoms with van der Waals surface area (Å²) in [7, 11) is 0. The molecule has 0 aromatic heterocycles. The van der Waals surface area contributed by atoms with Gasteiger partial charge in [0.1, 0.15) is 6.04 Å². The predicted octanol–water partition coefficient (Wildman–Crippen LogP) is 3.28. The first-order valence-corrected chi connectivity index (χ1v) is 8.57. The highest BCUT2D eigenvalue weighted by Gasteiger charge is 2.55. The maximum Gasteiger partial charge on any atom is 0.325 e. The Morgan fingerprint density at radius 2 is 2.04 bits per heavy atom. The molecule has 1 amide bonds. The Balaban J connectivity index is 1.84. The van der Waals surface area contributed by atoms with Crippen LogP contribution in [0.4, 0.5) is 0 Å². The Bertz CT molecular complexity index is 615. The summed E-state index contributed by atoms with van der Waals surface area (Å²) in [4.78, 5) is 24.0. The lowest BCUT2D eigenvalue weighted by Crippen LogP contribution is -2.50. The minimum Gasteiger partial charge on any atom is -0.480 e. The molecule has 0 spiro atoms. The lowest BCUT2D eigenvalue weighted by molar-refractivity contribution is -0.144. The molecule has 0 heterocycles. The fourth-order valence-corrected chi connectivity index (χ4v) is 4.51. The van der Waals surface area contributed by atoms with Gasteiger partial charge in [0.15, 0.2) is 0 Å². The first kappa shape index (κ1) is 16.3. The van der Waals surface area contributed by atoms with E-state index in [1.807, 2.05) is 24.3 Å². The van der Waals surface area contributed by atoms with Gasteiger partial charge >= 0.3 is 5.97 Å². The normalized spacial score (nSPS) is 30.2. The van der Waals surface area contributed by atoms with E-state index in [0.29, 0.717) is 23.3 Å². The van der Waals surface area contributed by atoms with Crippen LogP contribution in [0.2, 0.25) is 5.02 Å². The SMILES string of the molecule is C[C@H](NC(=O)C1(Cc2ccc(Cl)cc2)CC2CCC1C2)C(=O)O. The van der Waals surface area contributed by atoms with E-state index in [-0.39, 0.29) is 5.91 Å². The lowest BCUT2D eigenvalue weighted by Gasteiger charge is -2.37. The van der Waals surface area contributed by atoms with Crippen LogP contribution in [0, 0.1) is 17.3 Å². The second-order valence-electron chi connectivity index (χ2n) is 7.07. The molecule has 3 rings (SSSR count). The van der Waals surface area contributed by atoms with Crippen LogP contribution < -0.4 is 5.32 Å². The molecule has 0 aliphatic heterocycles. The Morgan fingerprint density at radius 3 is 2.57 bits per heavy atom. The van der Waals surface area contributed by atoms with Crippen molar-refractivity contribution in [3.8, 4) is 0 Å². The van der Waals surface area contributed by atoms with E-state index >= 15 is 0 Å². The predicted molar refractivity (Wildman–Crippen MR) is 88.3 cm³/mol. The molecule has 2 saturated carbocycles. The van der Waals surface area contributed by atoms with E-state index in [0.717, 1.165) is 24.8 Å². The number of hydrogen-bond donors (Lipinski definition) is 2. The molecule has 2 bridgehead atoms. The fraction of sp³-hybridized carbons (Fsp3) is 0.556. The van der Waals surface area contributed by atoms with Crippen LogP contribution in [0.1, 0.15) is 38.2 Å². The number of amides is 1. The maximum absolute atomic E-state index is 12.9. The highest BCUT2D eigenvalue weighted by atomic mass is 35.5. The molecule has 2 aliphatic rings. The van der Waals surface area contributed by atoms with Gasteiger partial charge in [-0.15, -0.1) is 0 Å². The zero-order valence-corrected chi connectivity index (χ0v) is 14.0. The van der Waals surface area contributed by atoms with Crippen molar-refractivity contribution in [2.45, 2.75) is 45.1 Å². The summed E-state index contributed by atoms with van der Waals surface area (Å²) < 4.78 is 0. The van der Waals surface area contributed by atoms with Gasteiger partial charge < -0.3 is 10.4 Å². The molecule has 4 nitrogen and oxygen atoms in total. The second-order valence-corrected chi connectivity index (χ2v) is 7.51. The first-order chi connectivity index (χ1) is 10.9. The minimum atomic E-state index is -0.997. The molecule has 2 aliphatic carbocycles. The number of carbonyl (C=O) groups excluding carboxylic acids is 1. The van der Waals surface area contributed by atoms with Gasteiger partial charge in [0.25, 0.3) is 0 Å². The first-order valence-electron chi connectivity index (χ1n) is 8.19. The average Bonchev–Trinajstić information content (AvgIpc) is 3.10. The van der Waals surface area contributed by atoms with E-state index in [4.69, 9.17) is 16.7 Å². The van der Waals surface area contributed by atoms with Crippen molar-refractivity contribution in [2.75, 3.05) is 0 Å². The number of nitrogens with one attached hydrogen (secondary N) is 1. The third-order valence-electron chi connectivity index (χ3n) is 5.58. The van der Waals surface area contributed by atoms with Crippen LogP contribution >= 0.6 is 11.6 Å². The molecule has 0 saturated heterocycles. The van der Waals surface area contributed by atoms with E-state index < -0.39 is 17.4 Å². The standard InChI is InChI=1S/C18H22ClNO3/c1-11(16(21)22)20-17(23)18(10-13-2-5-14(18)8-13)9-12-3-6-15(19)7-4-12/h3-4,6-7,11,13-14H,2,5,8-10H2,1H3,(H,20,23)(H,21,22)/t11-,13?,14?,18?/m0/s1.